The first-order valence-corrected chi connectivity index (χ1v) is 4.25. The first kappa shape index (κ1) is 11.0. The van der Waals surface area contributed by atoms with Crippen LogP contribution in [0, 0.1) is 0 Å². The fraction of sp³-hybridized carbons (Fsp3) is 0.222. The molecule has 0 fully saturated rings. The zero-order chi connectivity index (χ0) is 11.4. The van der Waals surface area contributed by atoms with Gasteiger partial charge in [0.25, 0.3) is 0 Å². The third-order valence-electron chi connectivity index (χ3n) is 1.85. The van der Waals surface area contributed by atoms with Crippen LogP contribution in [0.4, 0.5) is 5.69 Å². The van der Waals surface area contributed by atoms with Crippen LogP contribution in [0.1, 0.15) is 17.3 Å². The van der Waals surface area contributed by atoms with Gasteiger partial charge in [0.05, 0.1) is 17.4 Å². The molecule has 0 aromatic carbocycles. The molecule has 1 heterocycles. The van der Waals surface area contributed by atoms with E-state index in [1.165, 1.54) is 18.5 Å². The Morgan fingerprint density at radius 3 is 2.80 bits per heavy atom. The van der Waals surface area contributed by atoms with E-state index in [0.717, 1.165) is 0 Å². The highest BCUT2D eigenvalue weighted by Crippen LogP contribution is 2.14. The third kappa shape index (κ3) is 2.67. The molecule has 1 atom stereocenters. The van der Waals surface area contributed by atoms with Crippen LogP contribution < -0.4 is 11.1 Å². The number of carboxylic acids is 1. The summed E-state index contributed by atoms with van der Waals surface area (Å²) in [6.45, 7) is 1.54. The molecular weight excluding hydrogens is 198 g/mol. The SMILES string of the molecule is CC(Nc1cnccc1C(=O)O)C(N)=O. The van der Waals surface area contributed by atoms with E-state index >= 15 is 0 Å². The minimum Gasteiger partial charge on any atom is -0.478 e. The van der Waals surface area contributed by atoms with E-state index in [0.29, 0.717) is 0 Å². The molecule has 0 saturated heterocycles. The Kier molecular flexibility index (Phi) is 3.22. The van der Waals surface area contributed by atoms with Crippen molar-refractivity contribution in [1.82, 2.24) is 4.98 Å². The molecule has 1 amide bonds. The lowest BCUT2D eigenvalue weighted by Gasteiger charge is -2.12. The molecule has 0 radical (unpaired) electrons. The van der Waals surface area contributed by atoms with Crippen molar-refractivity contribution >= 4 is 17.6 Å². The van der Waals surface area contributed by atoms with Gasteiger partial charge in [0.15, 0.2) is 0 Å². The molecule has 80 valence electrons. The van der Waals surface area contributed by atoms with Crippen molar-refractivity contribution < 1.29 is 14.7 Å². The van der Waals surface area contributed by atoms with Gasteiger partial charge in [0, 0.05) is 6.20 Å². The number of anilines is 1. The molecular formula is C9H11N3O3. The van der Waals surface area contributed by atoms with Crippen LogP contribution in [0.15, 0.2) is 18.5 Å². The van der Waals surface area contributed by atoms with Gasteiger partial charge in [-0.2, -0.15) is 0 Å². The Morgan fingerprint density at radius 2 is 2.27 bits per heavy atom. The van der Waals surface area contributed by atoms with E-state index < -0.39 is 17.9 Å². The van der Waals surface area contributed by atoms with Gasteiger partial charge < -0.3 is 16.2 Å². The second-order valence-corrected chi connectivity index (χ2v) is 2.99. The highest BCUT2D eigenvalue weighted by molar-refractivity contribution is 5.95. The highest BCUT2D eigenvalue weighted by atomic mass is 16.4. The molecule has 0 aliphatic carbocycles. The maximum atomic E-state index is 10.8. The number of pyridine rings is 1. The van der Waals surface area contributed by atoms with Crippen LogP contribution >= 0.6 is 0 Å². The van der Waals surface area contributed by atoms with Gasteiger partial charge in [-0.1, -0.05) is 0 Å². The molecule has 15 heavy (non-hydrogen) atoms. The Labute approximate surface area is 86.1 Å². The number of nitrogens with one attached hydrogen (secondary N) is 1. The van der Waals surface area contributed by atoms with E-state index in [1.54, 1.807) is 6.92 Å². The van der Waals surface area contributed by atoms with Crippen LogP contribution in [-0.4, -0.2) is 28.0 Å². The third-order valence-corrected chi connectivity index (χ3v) is 1.85. The number of carboxylic acid groups (broad SMARTS) is 1. The zero-order valence-electron chi connectivity index (χ0n) is 8.10. The fourth-order valence-corrected chi connectivity index (χ4v) is 1.00. The quantitative estimate of drug-likeness (QED) is 0.650. The number of amides is 1. The number of carbonyl (C=O) groups is 2. The first-order chi connectivity index (χ1) is 7.02. The van der Waals surface area contributed by atoms with Crippen LogP contribution in [0.3, 0.4) is 0 Å². The lowest BCUT2D eigenvalue weighted by atomic mass is 10.2. The average molecular weight is 209 g/mol. The molecule has 1 aromatic rings. The molecule has 0 aliphatic heterocycles. The van der Waals surface area contributed by atoms with Gasteiger partial charge in [-0.3, -0.25) is 9.78 Å². The van der Waals surface area contributed by atoms with Crippen molar-refractivity contribution in [2.75, 3.05) is 5.32 Å². The standard InChI is InChI=1S/C9H11N3O3/c1-5(8(10)13)12-7-4-11-3-2-6(7)9(14)15/h2-5,12H,1H3,(H2,10,13)(H,14,15). The van der Waals surface area contributed by atoms with Crippen LogP contribution in [0.2, 0.25) is 0 Å². The molecule has 6 nitrogen and oxygen atoms in total. The number of rotatable bonds is 4. The number of nitrogens with two attached hydrogens (primary N) is 1. The van der Waals surface area contributed by atoms with Crippen molar-refractivity contribution in [2.45, 2.75) is 13.0 Å². The summed E-state index contributed by atoms with van der Waals surface area (Å²) in [4.78, 5) is 25.3. The number of aromatic carboxylic acids is 1. The Balaban J connectivity index is 2.94. The lowest BCUT2D eigenvalue weighted by molar-refractivity contribution is -0.118. The van der Waals surface area contributed by atoms with Crippen molar-refractivity contribution in [3.05, 3.63) is 24.0 Å². The molecule has 0 aliphatic rings. The van der Waals surface area contributed by atoms with Crippen molar-refractivity contribution in [2.24, 2.45) is 5.73 Å². The van der Waals surface area contributed by atoms with E-state index in [1.807, 2.05) is 0 Å². The second-order valence-electron chi connectivity index (χ2n) is 2.99. The van der Waals surface area contributed by atoms with Crippen molar-refractivity contribution in [3.8, 4) is 0 Å². The number of aromatic nitrogens is 1. The minimum absolute atomic E-state index is 0.0538. The summed E-state index contributed by atoms with van der Waals surface area (Å²) in [6, 6.07) is 0.700. The van der Waals surface area contributed by atoms with E-state index in [4.69, 9.17) is 10.8 Å². The fourth-order valence-electron chi connectivity index (χ4n) is 1.00. The molecule has 4 N–H and O–H groups in total. The van der Waals surface area contributed by atoms with Gasteiger partial charge in [0.2, 0.25) is 5.91 Å². The summed E-state index contributed by atoms with van der Waals surface area (Å²) in [5.41, 5.74) is 5.37. The summed E-state index contributed by atoms with van der Waals surface area (Å²) in [7, 11) is 0. The molecule has 0 saturated carbocycles. The number of nitrogens with zero attached hydrogens (tertiary/aromatic N) is 1. The molecule has 1 unspecified atom stereocenters. The summed E-state index contributed by atoms with van der Waals surface area (Å²) in [5, 5.41) is 11.5. The molecule has 0 spiro atoms. The Bertz CT molecular complexity index is 392. The van der Waals surface area contributed by atoms with Gasteiger partial charge in [-0.25, -0.2) is 4.79 Å². The average Bonchev–Trinajstić information content (AvgIpc) is 2.18. The first-order valence-electron chi connectivity index (χ1n) is 4.25. The van der Waals surface area contributed by atoms with Crippen LogP contribution in [-0.2, 0) is 4.79 Å². The molecule has 6 heteroatoms. The molecule has 0 bridgehead atoms. The summed E-state index contributed by atoms with van der Waals surface area (Å²) in [6.07, 6.45) is 2.70. The largest absolute Gasteiger partial charge is 0.478 e. The number of hydrogen-bond acceptors (Lipinski definition) is 4. The summed E-state index contributed by atoms with van der Waals surface area (Å²) < 4.78 is 0. The predicted octanol–water partition coefficient (Wildman–Crippen LogP) is 0.0655. The summed E-state index contributed by atoms with van der Waals surface area (Å²) in [5.74, 6) is -1.65. The smallest absolute Gasteiger partial charge is 0.337 e. The van der Waals surface area contributed by atoms with Gasteiger partial charge in [0.1, 0.15) is 6.04 Å². The highest BCUT2D eigenvalue weighted by Gasteiger charge is 2.14. The topological polar surface area (TPSA) is 105 Å². The van der Waals surface area contributed by atoms with E-state index in [2.05, 4.69) is 10.3 Å². The van der Waals surface area contributed by atoms with E-state index in [-0.39, 0.29) is 11.3 Å². The molecule has 1 aromatic heterocycles. The normalized spacial score (nSPS) is 11.8. The van der Waals surface area contributed by atoms with Gasteiger partial charge in [-0.15, -0.1) is 0 Å². The van der Waals surface area contributed by atoms with E-state index in [9.17, 15) is 9.59 Å². The lowest BCUT2D eigenvalue weighted by Crippen LogP contribution is -2.33. The number of primary amides is 1. The minimum atomic E-state index is -1.09. The zero-order valence-corrected chi connectivity index (χ0v) is 8.10. The maximum absolute atomic E-state index is 10.8. The number of carbonyl (C=O) groups excluding carboxylic acids is 1. The van der Waals surface area contributed by atoms with Crippen LogP contribution in [0.25, 0.3) is 0 Å². The maximum Gasteiger partial charge on any atom is 0.337 e. The monoisotopic (exact) mass is 209 g/mol. The summed E-state index contributed by atoms with van der Waals surface area (Å²) >= 11 is 0. The van der Waals surface area contributed by atoms with Crippen LogP contribution in [0.5, 0.6) is 0 Å². The Hall–Kier alpha value is -2.11. The van der Waals surface area contributed by atoms with Crippen molar-refractivity contribution in [1.29, 1.82) is 0 Å². The van der Waals surface area contributed by atoms with Gasteiger partial charge in [-0.05, 0) is 13.0 Å². The second kappa shape index (κ2) is 4.41. The van der Waals surface area contributed by atoms with Crippen molar-refractivity contribution in [3.63, 3.8) is 0 Å². The number of hydrogen-bond donors (Lipinski definition) is 3. The predicted molar refractivity (Wildman–Crippen MR) is 53.5 cm³/mol. The molecule has 1 rings (SSSR count). The van der Waals surface area contributed by atoms with Gasteiger partial charge >= 0.3 is 5.97 Å². The Morgan fingerprint density at radius 1 is 1.60 bits per heavy atom.